The average Bonchev–Trinajstić information content (AvgIpc) is 2.76. The Morgan fingerprint density at radius 3 is 2.55 bits per heavy atom. The highest BCUT2D eigenvalue weighted by Gasteiger charge is 2.33. The molecule has 0 aliphatic carbocycles. The van der Waals surface area contributed by atoms with E-state index in [1.54, 1.807) is 19.2 Å². The van der Waals surface area contributed by atoms with E-state index in [1.807, 2.05) is 19.1 Å². The van der Waals surface area contributed by atoms with Crippen LogP contribution in [0.5, 0.6) is 5.75 Å². The molecule has 6 nitrogen and oxygen atoms in total. The molecule has 168 valence electrons. The standard InChI is InChI=1S/C22H27F3N4O2/c1-4-27-21(28-11-10-15-6-5-7-16(12-15)20(30)26-2)29-14-17-8-9-18(31-3)13-19(17)22(23,24)25/h5-9,12-13H,4,10-11,14H2,1-3H3,(H,26,30)(H2,27,28,29). The molecule has 3 N–H and O–H groups in total. The third-order valence-electron chi connectivity index (χ3n) is 4.50. The van der Waals surface area contributed by atoms with Gasteiger partial charge in [0.1, 0.15) is 5.75 Å². The molecule has 2 rings (SSSR count). The number of guanidine groups is 1. The fourth-order valence-corrected chi connectivity index (χ4v) is 2.93. The van der Waals surface area contributed by atoms with Crippen molar-refractivity contribution in [3.8, 4) is 5.75 Å². The topological polar surface area (TPSA) is 74.8 Å². The van der Waals surface area contributed by atoms with Crippen LogP contribution in [0.4, 0.5) is 13.2 Å². The Morgan fingerprint density at radius 1 is 1.13 bits per heavy atom. The maximum Gasteiger partial charge on any atom is 0.416 e. The van der Waals surface area contributed by atoms with E-state index in [1.165, 1.54) is 19.2 Å². The van der Waals surface area contributed by atoms with Crippen molar-refractivity contribution in [2.75, 3.05) is 27.2 Å². The van der Waals surface area contributed by atoms with Gasteiger partial charge in [0.15, 0.2) is 5.96 Å². The fraction of sp³-hybridized carbons (Fsp3) is 0.364. The molecule has 0 radical (unpaired) electrons. The van der Waals surface area contributed by atoms with E-state index in [9.17, 15) is 18.0 Å². The molecular formula is C22H27F3N4O2. The minimum Gasteiger partial charge on any atom is -0.497 e. The fourth-order valence-electron chi connectivity index (χ4n) is 2.93. The van der Waals surface area contributed by atoms with Crippen LogP contribution in [0.15, 0.2) is 47.5 Å². The summed E-state index contributed by atoms with van der Waals surface area (Å²) in [6, 6.07) is 11.1. The number of halogens is 3. The van der Waals surface area contributed by atoms with Gasteiger partial charge in [0.25, 0.3) is 5.91 Å². The van der Waals surface area contributed by atoms with Crippen molar-refractivity contribution in [3.63, 3.8) is 0 Å². The van der Waals surface area contributed by atoms with Crippen LogP contribution in [0.25, 0.3) is 0 Å². The summed E-state index contributed by atoms with van der Waals surface area (Å²) in [5.41, 5.74) is 0.819. The van der Waals surface area contributed by atoms with E-state index in [0.29, 0.717) is 31.0 Å². The molecule has 0 fully saturated rings. The predicted molar refractivity (Wildman–Crippen MR) is 114 cm³/mol. The number of alkyl halides is 3. The number of hydrogen-bond acceptors (Lipinski definition) is 3. The van der Waals surface area contributed by atoms with Gasteiger partial charge in [0, 0.05) is 25.7 Å². The molecule has 0 heterocycles. The van der Waals surface area contributed by atoms with Crippen molar-refractivity contribution in [1.82, 2.24) is 16.0 Å². The van der Waals surface area contributed by atoms with Crippen LogP contribution in [0.2, 0.25) is 0 Å². The van der Waals surface area contributed by atoms with Crippen molar-refractivity contribution >= 4 is 11.9 Å². The van der Waals surface area contributed by atoms with Crippen LogP contribution in [-0.4, -0.2) is 39.1 Å². The second-order valence-corrected chi connectivity index (χ2v) is 6.67. The zero-order valence-electron chi connectivity index (χ0n) is 17.8. The number of aliphatic imine (C=N–C) groups is 1. The predicted octanol–water partition coefficient (Wildman–Crippen LogP) is 3.37. The van der Waals surface area contributed by atoms with Crippen LogP contribution in [0.3, 0.4) is 0 Å². The molecule has 0 saturated heterocycles. The lowest BCUT2D eigenvalue weighted by Crippen LogP contribution is -2.38. The van der Waals surface area contributed by atoms with Crippen molar-refractivity contribution in [2.24, 2.45) is 4.99 Å². The summed E-state index contributed by atoms with van der Waals surface area (Å²) in [5.74, 6) is 0.391. The summed E-state index contributed by atoms with van der Waals surface area (Å²) in [4.78, 5) is 16.0. The normalized spacial score (nSPS) is 11.7. The highest BCUT2D eigenvalue weighted by atomic mass is 19.4. The van der Waals surface area contributed by atoms with Gasteiger partial charge in [0.05, 0.1) is 19.2 Å². The van der Waals surface area contributed by atoms with E-state index in [4.69, 9.17) is 4.74 Å². The Morgan fingerprint density at radius 2 is 1.90 bits per heavy atom. The van der Waals surface area contributed by atoms with Crippen molar-refractivity contribution in [3.05, 3.63) is 64.7 Å². The number of carbonyl (C=O) groups is 1. The van der Waals surface area contributed by atoms with Crippen LogP contribution in [0.1, 0.15) is 34.0 Å². The summed E-state index contributed by atoms with van der Waals surface area (Å²) in [6.45, 7) is 2.80. The van der Waals surface area contributed by atoms with Crippen molar-refractivity contribution < 1.29 is 22.7 Å². The molecule has 31 heavy (non-hydrogen) atoms. The van der Waals surface area contributed by atoms with Gasteiger partial charge in [-0.05, 0) is 48.7 Å². The molecule has 0 atom stereocenters. The Bertz CT molecular complexity index is 914. The Kier molecular flexibility index (Phi) is 8.72. The number of ether oxygens (including phenoxy) is 1. The zero-order chi connectivity index (χ0) is 22.9. The van der Waals surface area contributed by atoms with Gasteiger partial charge in [-0.2, -0.15) is 13.2 Å². The molecule has 0 spiro atoms. The number of rotatable bonds is 8. The molecule has 1 amide bonds. The van der Waals surface area contributed by atoms with Crippen LogP contribution < -0.4 is 20.7 Å². The maximum absolute atomic E-state index is 13.4. The lowest BCUT2D eigenvalue weighted by molar-refractivity contribution is -0.138. The lowest BCUT2D eigenvalue weighted by atomic mass is 10.1. The molecule has 0 unspecified atom stereocenters. The second kappa shape index (κ2) is 11.2. The number of nitrogens with one attached hydrogen (secondary N) is 3. The van der Waals surface area contributed by atoms with Gasteiger partial charge in [-0.25, -0.2) is 4.99 Å². The molecular weight excluding hydrogens is 409 g/mol. The lowest BCUT2D eigenvalue weighted by Gasteiger charge is -2.15. The van der Waals surface area contributed by atoms with Gasteiger partial charge in [0.2, 0.25) is 0 Å². The van der Waals surface area contributed by atoms with Crippen LogP contribution in [0, 0.1) is 0 Å². The minimum absolute atomic E-state index is 0.0591. The highest BCUT2D eigenvalue weighted by Crippen LogP contribution is 2.34. The molecule has 9 heteroatoms. The van der Waals surface area contributed by atoms with Crippen molar-refractivity contribution in [1.29, 1.82) is 0 Å². The summed E-state index contributed by atoms with van der Waals surface area (Å²) in [6.07, 6.45) is -3.88. The minimum atomic E-state index is -4.50. The first-order valence-corrected chi connectivity index (χ1v) is 9.85. The number of carbonyl (C=O) groups excluding carboxylic acids is 1. The first kappa shape index (κ1) is 24.0. The molecule has 0 aromatic heterocycles. The van der Waals surface area contributed by atoms with Gasteiger partial charge in [-0.1, -0.05) is 18.2 Å². The number of benzene rings is 2. The summed E-state index contributed by atoms with van der Waals surface area (Å²) >= 11 is 0. The maximum atomic E-state index is 13.4. The molecule has 0 aliphatic rings. The van der Waals surface area contributed by atoms with E-state index in [2.05, 4.69) is 20.9 Å². The number of nitrogens with zero attached hydrogens (tertiary/aromatic N) is 1. The molecule has 0 aliphatic heterocycles. The van der Waals surface area contributed by atoms with Crippen LogP contribution in [-0.2, 0) is 19.1 Å². The van der Waals surface area contributed by atoms with E-state index < -0.39 is 11.7 Å². The first-order chi connectivity index (χ1) is 14.8. The summed E-state index contributed by atoms with van der Waals surface area (Å²) in [5, 5.41) is 8.73. The third kappa shape index (κ3) is 7.20. The number of amides is 1. The Labute approximate surface area is 179 Å². The Balaban J connectivity index is 2.07. The van der Waals surface area contributed by atoms with Gasteiger partial charge in [-0.3, -0.25) is 4.79 Å². The SMILES string of the molecule is CCNC(=NCc1ccc(OC)cc1C(F)(F)F)NCCc1cccc(C(=O)NC)c1. The third-order valence-corrected chi connectivity index (χ3v) is 4.50. The van der Waals surface area contributed by atoms with Gasteiger partial charge < -0.3 is 20.7 Å². The van der Waals surface area contributed by atoms with E-state index in [-0.39, 0.29) is 23.8 Å². The number of methoxy groups -OCH3 is 1. The monoisotopic (exact) mass is 436 g/mol. The number of hydrogen-bond donors (Lipinski definition) is 3. The van der Waals surface area contributed by atoms with Gasteiger partial charge >= 0.3 is 6.18 Å². The molecule has 0 saturated carbocycles. The molecule has 0 bridgehead atoms. The van der Waals surface area contributed by atoms with E-state index in [0.717, 1.165) is 11.6 Å². The average molecular weight is 436 g/mol. The largest absolute Gasteiger partial charge is 0.497 e. The molecule has 2 aromatic carbocycles. The summed E-state index contributed by atoms with van der Waals surface area (Å²) in [7, 11) is 2.90. The zero-order valence-corrected chi connectivity index (χ0v) is 17.8. The quantitative estimate of drug-likeness (QED) is 0.438. The van der Waals surface area contributed by atoms with Crippen LogP contribution >= 0.6 is 0 Å². The smallest absolute Gasteiger partial charge is 0.416 e. The Hall–Kier alpha value is -3.23. The second-order valence-electron chi connectivity index (χ2n) is 6.67. The summed E-state index contributed by atoms with van der Waals surface area (Å²) < 4.78 is 45.0. The van der Waals surface area contributed by atoms with E-state index >= 15 is 0 Å². The first-order valence-electron chi connectivity index (χ1n) is 9.85. The molecule has 2 aromatic rings. The van der Waals surface area contributed by atoms with Gasteiger partial charge in [-0.15, -0.1) is 0 Å². The highest BCUT2D eigenvalue weighted by molar-refractivity contribution is 5.94. The van der Waals surface area contributed by atoms with Crippen molar-refractivity contribution in [2.45, 2.75) is 26.1 Å².